The van der Waals surface area contributed by atoms with E-state index < -0.39 is 5.91 Å². The molecule has 1 aromatic carbocycles. The highest BCUT2D eigenvalue weighted by molar-refractivity contribution is 6.47. The lowest BCUT2D eigenvalue weighted by molar-refractivity contribution is -0.111. The van der Waals surface area contributed by atoms with Gasteiger partial charge in [0.15, 0.2) is 22.7 Å². The molecule has 1 aromatic heterocycles. The predicted octanol–water partition coefficient (Wildman–Crippen LogP) is 0.698. The van der Waals surface area contributed by atoms with Crippen LogP contribution in [0.15, 0.2) is 69.8 Å². The molecule has 2 saturated heterocycles. The molecule has 0 saturated carbocycles. The van der Waals surface area contributed by atoms with Crippen molar-refractivity contribution in [2.24, 2.45) is 27.2 Å². The second-order valence-corrected chi connectivity index (χ2v) is 9.47. The number of nitrogens with zero attached hydrogens (tertiary/aromatic N) is 5. The van der Waals surface area contributed by atoms with Gasteiger partial charge < -0.3 is 32.7 Å². The van der Waals surface area contributed by atoms with Crippen LogP contribution in [0.4, 0.5) is 0 Å². The summed E-state index contributed by atoms with van der Waals surface area (Å²) in [4.78, 5) is 44.5. The maximum atomic E-state index is 13.2. The van der Waals surface area contributed by atoms with Gasteiger partial charge in [-0.2, -0.15) is 4.99 Å². The highest BCUT2D eigenvalue weighted by Crippen LogP contribution is 2.26. The Morgan fingerprint density at radius 3 is 2.45 bits per heavy atom. The molecule has 3 heterocycles. The van der Waals surface area contributed by atoms with Gasteiger partial charge in [-0.05, 0) is 19.8 Å². The molecular formula is C25H29ClN10O2. The van der Waals surface area contributed by atoms with Gasteiger partial charge in [0.1, 0.15) is 5.82 Å². The number of carbonyl (C=O) groups excluding carboxylic acids is 2. The normalized spacial score (nSPS) is 17.6. The summed E-state index contributed by atoms with van der Waals surface area (Å²) in [6.45, 7) is 6.89. The van der Waals surface area contributed by atoms with E-state index in [2.05, 4.69) is 37.2 Å². The van der Waals surface area contributed by atoms with Crippen molar-refractivity contribution in [3.8, 4) is 11.4 Å². The molecule has 4 rings (SSSR count). The van der Waals surface area contributed by atoms with Crippen LogP contribution in [0.2, 0.25) is 0 Å². The number of rotatable bonds is 5. The van der Waals surface area contributed by atoms with E-state index in [0.29, 0.717) is 49.6 Å². The molecule has 13 heteroatoms. The summed E-state index contributed by atoms with van der Waals surface area (Å²) in [5.74, 6) is -0.289. The van der Waals surface area contributed by atoms with E-state index in [1.807, 2.05) is 37.3 Å². The minimum absolute atomic E-state index is 0.113. The summed E-state index contributed by atoms with van der Waals surface area (Å²) in [5, 5.41) is 6.10. The van der Waals surface area contributed by atoms with Crippen molar-refractivity contribution < 1.29 is 9.59 Å². The van der Waals surface area contributed by atoms with Crippen molar-refractivity contribution in [1.82, 2.24) is 25.5 Å². The molecule has 0 radical (unpaired) electrons. The Hall–Kier alpha value is -4.45. The van der Waals surface area contributed by atoms with Crippen LogP contribution in [-0.2, 0) is 4.79 Å². The summed E-state index contributed by atoms with van der Waals surface area (Å²) >= 11 is 5.83. The standard InChI is InChI=1S/C25H29ClN10O2/c1-14(27)18(33-19(26)20(28)29)22(37)34-24-31-13-25(35-24)8-10-36(11-9-25)23(38)17-12-30-21(32-15(17)2)16-6-4-3-5-7-16/h3-7,12H,1,8-11,13,27-29H2,2H3,(H2,31,34,35,37)/b33-18+. The molecule has 2 aliphatic rings. The summed E-state index contributed by atoms with van der Waals surface area (Å²) in [7, 11) is 0. The van der Waals surface area contributed by atoms with Crippen LogP contribution in [0, 0.1) is 6.92 Å². The zero-order chi connectivity index (χ0) is 27.4. The van der Waals surface area contributed by atoms with Crippen LogP contribution in [0.1, 0.15) is 28.9 Å². The maximum Gasteiger partial charge on any atom is 0.300 e. The van der Waals surface area contributed by atoms with Crippen LogP contribution >= 0.6 is 11.6 Å². The number of guanidine groups is 1. The largest absolute Gasteiger partial charge is 0.397 e. The van der Waals surface area contributed by atoms with Crippen molar-refractivity contribution in [3.63, 3.8) is 0 Å². The Kier molecular flexibility index (Phi) is 7.62. The molecule has 0 aliphatic carbocycles. The number of piperidine rings is 1. The second kappa shape index (κ2) is 10.9. The fourth-order valence-electron chi connectivity index (χ4n) is 4.25. The minimum atomic E-state index is -0.758. The predicted molar refractivity (Wildman–Crippen MR) is 146 cm³/mol. The van der Waals surface area contributed by atoms with E-state index in [4.69, 9.17) is 28.8 Å². The first kappa shape index (κ1) is 26.6. The third-order valence-electron chi connectivity index (χ3n) is 6.40. The lowest BCUT2D eigenvalue weighted by Gasteiger charge is -2.38. The number of aryl methyl sites for hydroxylation is 1. The molecule has 0 bridgehead atoms. The van der Waals surface area contributed by atoms with Gasteiger partial charge in [0.05, 0.1) is 22.5 Å². The average Bonchev–Trinajstić information content (AvgIpc) is 3.28. The van der Waals surface area contributed by atoms with Gasteiger partial charge in [0, 0.05) is 31.4 Å². The van der Waals surface area contributed by atoms with E-state index in [-0.39, 0.29) is 39.8 Å². The lowest BCUT2D eigenvalue weighted by atomic mass is 9.88. The van der Waals surface area contributed by atoms with E-state index in [1.54, 1.807) is 11.1 Å². The third-order valence-corrected chi connectivity index (χ3v) is 6.70. The summed E-state index contributed by atoms with van der Waals surface area (Å²) < 4.78 is 0. The molecule has 2 aromatic rings. The van der Waals surface area contributed by atoms with Gasteiger partial charge in [-0.3, -0.25) is 9.59 Å². The van der Waals surface area contributed by atoms with Gasteiger partial charge in [-0.25, -0.2) is 15.0 Å². The third kappa shape index (κ3) is 5.75. The van der Waals surface area contributed by atoms with Gasteiger partial charge in [0.2, 0.25) is 0 Å². The van der Waals surface area contributed by atoms with Crippen LogP contribution in [0.5, 0.6) is 0 Å². The van der Waals surface area contributed by atoms with Gasteiger partial charge in [0.25, 0.3) is 5.91 Å². The monoisotopic (exact) mass is 536 g/mol. The number of amides is 2. The Morgan fingerprint density at radius 2 is 1.84 bits per heavy atom. The zero-order valence-corrected chi connectivity index (χ0v) is 21.6. The number of hydrogen-bond acceptors (Lipinski definition) is 8. The average molecular weight is 537 g/mol. The molecule has 2 fully saturated rings. The number of aliphatic imine (C=N–C) groups is 2. The SMILES string of the molecule is C=C(N)/C(=N\C(Cl)=C(N)N)C(=O)/N=C1\NCC2(CCN(C(=O)c3cnc(-c4ccccc4)nc3C)CC2)N1. The van der Waals surface area contributed by atoms with Crippen molar-refractivity contribution in [2.45, 2.75) is 25.3 Å². The molecule has 0 atom stereocenters. The zero-order valence-electron chi connectivity index (χ0n) is 20.9. The molecular weight excluding hydrogens is 508 g/mol. The quantitative estimate of drug-likeness (QED) is 0.270. The molecule has 12 nitrogen and oxygen atoms in total. The second-order valence-electron chi connectivity index (χ2n) is 9.11. The molecule has 1 spiro atoms. The Labute approximate surface area is 224 Å². The topological polar surface area (TPSA) is 190 Å². The Morgan fingerprint density at radius 1 is 1.16 bits per heavy atom. The van der Waals surface area contributed by atoms with Gasteiger partial charge >= 0.3 is 5.91 Å². The first-order valence-corrected chi connectivity index (χ1v) is 12.2. The summed E-state index contributed by atoms with van der Waals surface area (Å²) in [6, 6.07) is 9.62. The van der Waals surface area contributed by atoms with E-state index in [1.165, 1.54) is 0 Å². The fourth-order valence-corrected chi connectivity index (χ4v) is 4.33. The van der Waals surface area contributed by atoms with Crippen LogP contribution < -0.4 is 27.8 Å². The number of aromatic nitrogens is 2. The van der Waals surface area contributed by atoms with E-state index >= 15 is 0 Å². The number of nitrogens with one attached hydrogen (secondary N) is 2. The molecule has 198 valence electrons. The molecule has 2 amide bonds. The van der Waals surface area contributed by atoms with E-state index in [0.717, 1.165) is 5.56 Å². The Balaban J connectivity index is 1.40. The van der Waals surface area contributed by atoms with Crippen molar-refractivity contribution in [3.05, 3.63) is 71.0 Å². The lowest BCUT2D eigenvalue weighted by Crippen LogP contribution is -2.53. The number of nitrogens with two attached hydrogens (primary N) is 3. The van der Waals surface area contributed by atoms with Crippen LogP contribution in [0.25, 0.3) is 11.4 Å². The van der Waals surface area contributed by atoms with Crippen LogP contribution in [0.3, 0.4) is 0 Å². The highest BCUT2D eigenvalue weighted by atomic mass is 35.5. The van der Waals surface area contributed by atoms with Crippen LogP contribution in [-0.4, -0.2) is 63.5 Å². The minimum Gasteiger partial charge on any atom is -0.397 e. The van der Waals surface area contributed by atoms with Crippen molar-refractivity contribution >= 4 is 35.1 Å². The first-order valence-electron chi connectivity index (χ1n) is 11.9. The summed E-state index contributed by atoms with van der Waals surface area (Å²) in [6.07, 6.45) is 2.88. The van der Waals surface area contributed by atoms with E-state index in [9.17, 15) is 9.59 Å². The fraction of sp³-hybridized carbons (Fsp3) is 0.280. The number of halogens is 1. The number of likely N-dealkylation sites (tertiary alicyclic amines) is 1. The van der Waals surface area contributed by atoms with Gasteiger partial charge in [-0.1, -0.05) is 48.5 Å². The molecule has 38 heavy (non-hydrogen) atoms. The van der Waals surface area contributed by atoms with Crippen molar-refractivity contribution in [1.29, 1.82) is 0 Å². The first-order chi connectivity index (χ1) is 18.1. The molecule has 0 unspecified atom stereocenters. The summed E-state index contributed by atoms with van der Waals surface area (Å²) in [5.41, 5.74) is 17.7. The maximum absolute atomic E-state index is 13.2. The Bertz CT molecular complexity index is 1360. The van der Waals surface area contributed by atoms with Crippen molar-refractivity contribution in [2.75, 3.05) is 19.6 Å². The molecule has 8 N–H and O–H groups in total. The number of hydrogen-bond donors (Lipinski definition) is 5. The highest BCUT2D eigenvalue weighted by Gasteiger charge is 2.41. The number of carbonyl (C=O) groups is 2. The molecule has 2 aliphatic heterocycles. The van der Waals surface area contributed by atoms with Gasteiger partial charge in [-0.15, -0.1) is 0 Å². The smallest absolute Gasteiger partial charge is 0.300 e. The number of benzene rings is 1.